The van der Waals surface area contributed by atoms with Crippen molar-refractivity contribution in [3.63, 3.8) is 0 Å². The van der Waals surface area contributed by atoms with E-state index in [0.717, 1.165) is 11.3 Å². The number of terminal acetylenes is 1. The van der Waals surface area contributed by atoms with E-state index in [9.17, 15) is 0 Å². The number of nitrogens with two attached hydrogens (primary N) is 1. The van der Waals surface area contributed by atoms with E-state index in [1.165, 1.54) is 0 Å². The summed E-state index contributed by atoms with van der Waals surface area (Å²) in [5, 5.41) is 0. The van der Waals surface area contributed by atoms with E-state index in [4.69, 9.17) is 30.5 Å². The highest BCUT2D eigenvalue weighted by molar-refractivity contribution is 7.42. The first-order chi connectivity index (χ1) is 14.2. The zero-order valence-electron chi connectivity index (χ0n) is 15.8. The highest BCUT2D eigenvalue weighted by atomic mass is 31.2. The minimum Gasteiger partial charge on any atom is -0.426 e. The van der Waals surface area contributed by atoms with E-state index >= 15 is 0 Å². The lowest BCUT2D eigenvalue weighted by Gasteiger charge is -2.25. The van der Waals surface area contributed by atoms with E-state index in [0.29, 0.717) is 37.3 Å². The summed E-state index contributed by atoms with van der Waals surface area (Å²) in [6, 6.07) is 7.75. The maximum atomic E-state index is 5.90. The Morgan fingerprint density at radius 1 is 1.38 bits per heavy atom. The summed E-state index contributed by atoms with van der Waals surface area (Å²) in [4.78, 5) is 12.6. The van der Waals surface area contributed by atoms with Gasteiger partial charge < -0.3 is 19.6 Å². The molecule has 4 rings (SSSR count). The highest BCUT2D eigenvalue weighted by Gasteiger charge is 2.24. The second kappa shape index (κ2) is 8.72. The van der Waals surface area contributed by atoms with Gasteiger partial charge in [0.2, 0.25) is 5.82 Å². The molecule has 0 amide bonds. The van der Waals surface area contributed by atoms with E-state index in [1.54, 1.807) is 13.4 Å². The Labute approximate surface area is 169 Å². The number of para-hydroxylation sites is 1. The third kappa shape index (κ3) is 4.31. The number of nitrogens with zero attached hydrogens (tertiary/aromatic N) is 4. The van der Waals surface area contributed by atoms with Crippen molar-refractivity contribution in [2.24, 2.45) is 0 Å². The van der Waals surface area contributed by atoms with Crippen molar-refractivity contribution in [2.75, 3.05) is 19.5 Å². The third-order valence-corrected chi connectivity index (χ3v) is 5.53. The molecule has 2 N–H and O–H groups in total. The topological polar surface area (TPSA) is 107 Å². The molecule has 0 radical (unpaired) electrons. The zero-order chi connectivity index (χ0) is 20.2. The molecule has 2 aromatic heterocycles. The van der Waals surface area contributed by atoms with E-state index in [2.05, 4.69) is 20.9 Å². The Balaban J connectivity index is 1.35. The lowest BCUT2D eigenvalue weighted by molar-refractivity contribution is 0.0403. The molecule has 1 aromatic carbocycles. The van der Waals surface area contributed by atoms with E-state index in [1.807, 2.05) is 28.8 Å². The summed E-state index contributed by atoms with van der Waals surface area (Å²) in [5.41, 5.74) is 8.04. The SMILES string of the molecule is C#Cc1nc(N)c2ncn(CCC(COP3OCc4ccccc4O3)OC)c2n1. The molecule has 29 heavy (non-hydrogen) atoms. The maximum absolute atomic E-state index is 5.90. The van der Waals surface area contributed by atoms with Gasteiger partial charge in [0.05, 0.1) is 25.6 Å². The van der Waals surface area contributed by atoms with Gasteiger partial charge in [-0.25, -0.2) is 15.0 Å². The molecule has 150 valence electrons. The van der Waals surface area contributed by atoms with Crippen LogP contribution < -0.4 is 10.3 Å². The average molecular weight is 413 g/mol. The van der Waals surface area contributed by atoms with Gasteiger partial charge in [-0.2, -0.15) is 0 Å². The fraction of sp³-hybridized carbons (Fsp3) is 0.316. The second-order valence-electron chi connectivity index (χ2n) is 6.33. The van der Waals surface area contributed by atoms with Crippen molar-refractivity contribution in [3.05, 3.63) is 42.0 Å². The first-order valence-corrected chi connectivity index (χ1v) is 10.1. The van der Waals surface area contributed by atoms with Gasteiger partial charge in [-0.3, -0.25) is 9.05 Å². The number of aryl methyl sites for hydroxylation is 1. The van der Waals surface area contributed by atoms with Crippen molar-refractivity contribution in [2.45, 2.75) is 25.7 Å². The quantitative estimate of drug-likeness (QED) is 0.465. The first-order valence-electron chi connectivity index (χ1n) is 8.97. The molecule has 1 aliphatic rings. The fourth-order valence-electron chi connectivity index (χ4n) is 2.90. The van der Waals surface area contributed by atoms with Crippen LogP contribution in [0.15, 0.2) is 30.6 Å². The number of ether oxygens (including phenoxy) is 1. The molecule has 9 nitrogen and oxygen atoms in total. The Morgan fingerprint density at radius 2 is 2.24 bits per heavy atom. The molecule has 0 saturated carbocycles. The fourth-order valence-corrected chi connectivity index (χ4v) is 3.95. The number of benzene rings is 1. The molecule has 0 bridgehead atoms. The third-order valence-electron chi connectivity index (χ3n) is 4.48. The summed E-state index contributed by atoms with van der Waals surface area (Å²) >= 11 is 0. The number of fused-ring (bicyclic) bond motifs is 2. The van der Waals surface area contributed by atoms with Gasteiger partial charge in [-0.1, -0.05) is 18.2 Å². The second-order valence-corrected chi connectivity index (χ2v) is 7.47. The molecular formula is C19H20N5O4P. The van der Waals surface area contributed by atoms with Crippen molar-refractivity contribution >= 4 is 25.6 Å². The first kappa shape index (κ1) is 19.6. The van der Waals surface area contributed by atoms with Gasteiger partial charge in [0, 0.05) is 19.2 Å². The van der Waals surface area contributed by atoms with Crippen molar-refractivity contribution in [3.8, 4) is 18.1 Å². The number of imidazole rings is 1. The lowest BCUT2D eigenvalue weighted by Crippen LogP contribution is -2.20. The summed E-state index contributed by atoms with van der Waals surface area (Å²) in [6.45, 7) is 1.41. The Morgan fingerprint density at radius 3 is 3.07 bits per heavy atom. The number of rotatable bonds is 7. The van der Waals surface area contributed by atoms with Crippen LogP contribution in [0.4, 0.5) is 5.82 Å². The predicted molar refractivity (Wildman–Crippen MR) is 108 cm³/mol. The van der Waals surface area contributed by atoms with Crippen LogP contribution in [0.3, 0.4) is 0 Å². The molecular weight excluding hydrogens is 393 g/mol. The van der Waals surface area contributed by atoms with Gasteiger partial charge in [0.1, 0.15) is 11.3 Å². The molecule has 0 spiro atoms. The molecule has 0 fully saturated rings. The molecule has 10 heteroatoms. The minimum absolute atomic E-state index is 0.161. The van der Waals surface area contributed by atoms with Crippen molar-refractivity contribution in [1.29, 1.82) is 0 Å². The van der Waals surface area contributed by atoms with Crippen molar-refractivity contribution in [1.82, 2.24) is 19.5 Å². The van der Waals surface area contributed by atoms with Crippen molar-refractivity contribution < 1.29 is 18.3 Å². The number of aromatic nitrogens is 4. The van der Waals surface area contributed by atoms with E-state index in [-0.39, 0.29) is 17.7 Å². The Hall–Kier alpha value is -2.76. The lowest BCUT2D eigenvalue weighted by atomic mass is 10.2. The molecule has 3 aromatic rings. The zero-order valence-corrected chi connectivity index (χ0v) is 16.7. The molecule has 0 aliphatic carbocycles. The smallest absolute Gasteiger partial charge is 0.397 e. The van der Waals surface area contributed by atoms with Gasteiger partial charge in [-0.05, 0) is 18.4 Å². The standard InChI is InChI=1S/C19H20N5O4P/c1-3-16-22-18(20)17-19(23-16)24(12-21-17)9-8-14(25-2)11-27-29-26-10-13-6-4-5-7-15(13)28-29/h1,4-7,12,14H,8-11H2,2H3,(H2,20,22,23). The normalized spacial score (nSPS) is 16.8. The summed E-state index contributed by atoms with van der Waals surface area (Å²) in [6.07, 6.45) is 7.56. The van der Waals surface area contributed by atoms with Gasteiger partial charge >= 0.3 is 8.60 Å². The van der Waals surface area contributed by atoms with Crippen LogP contribution in [0.25, 0.3) is 11.2 Å². The van der Waals surface area contributed by atoms with Crippen LogP contribution in [0.5, 0.6) is 5.75 Å². The summed E-state index contributed by atoms with van der Waals surface area (Å²) in [5.74, 6) is 3.70. The van der Waals surface area contributed by atoms with Crippen LogP contribution in [-0.4, -0.2) is 39.3 Å². The molecule has 0 saturated heterocycles. The molecule has 1 aliphatic heterocycles. The van der Waals surface area contributed by atoms with Gasteiger partial charge in [-0.15, -0.1) is 6.42 Å². The average Bonchev–Trinajstić information content (AvgIpc) is 3.17. The number of nitrogen functional groups attached to an aromatic ring is 1. The van der Waals surface area contributed by atoms with Crippen LogP contribution in [-0.2, 0) is 26.9 Å². The van der Waals surface area contributed by atoms with E-state index < -0.39 is 8.60 Å². The number of hydrogen-bond donors (Lipinski definition) is 1. The van der Waals surface area contributed by atoms with Crippen LogP contribution in [0.2, 0.25) is 0 Å². The number of hydrogen-bond acceptors (Lipinski definition) is 8. The summed E-state index contributed by atoms with van der Waals surface area (Å²) in [7, 11) is 0.191. The van der Waals surface area contributed by atoms with Gasteiger partial charge in [0.15, 0.2) is 11.5 Å². The predicted octanol–water partition coefficient (Wildman–Crippen LogP) is 2.65. The molecule has 2 atom stereocenters. The largest absolute Gasteiger partial charge is 0.426 e. The number of anilines is 1. The molecule has 3 heterocycles. The Kier molecular flexibility index (Phi) is 5.88. The highest BCUT2D eigenvalue weighted by Crippen LogP contribution is 2.47. The van der Waals surface area contributed by atoms with Gasteiger partial charge in [0.25, 0.3) is 0 Å². The van der Waals surface area contributed by atoms with Crippen LogP contribution in [0.1, 0.15) is 17.8 Å². The number of methoxy groups -OCH3 is 1. The maximum Gasteiger partial charge on any atom is 0.397 e. The minimum atomic E-state index is -1.45. The van der Waals surface area contributed by atoms with Crippen LogP contribution >= 0.6 is 8.60 Å². The monoisotopic (exact) mass is 413 g/mol. The summed E-state index contributed by atoms with van der Waals surface area (Å²) < 4.78 is 24.6. The molecule has 2 unspecified atom stereocenters. The Bertz CT molecular complexity index is 1050. The van der Waals surface area contributed by atoms with Crippen LogP contribution in [0, 0.1) is 12.3 Å².